The second-order valence-corrected chi connectivity index (χ2v) is 12.7. The predicted molar refractivity (Wildman–Crippen MR) is 175 cm³/mol. The molecular weight excluding hydrogens is 608 g/mol. The molecule has 0 saturated carbocycles. The van der Waals surface area contributed by atoms with Gasteiger partial charge in [0.15, 0.2) is 12.2 Å². The minimum atomic E-state index is -2.62. The van der Waals surface area contributed by atoms with Crippen LogP contribution in [0.1, 0.15) is 78.9 Å². The number of likely N-dealkylation sites (tertiary alicyclic amines) is 1. The molecule has 3 aliphatic heterocycles. The number of halogens is 1. The number of hydrogen-bond acceptors (Lipinski definition) is 8. The minimum Gasteiger partial charge on any atom is -0.362 e. The Morgan fingerprint density at radius 3 is 2.27 bits per heavy atom. The van der Waals surface area contributed by atoms with Crippen molar-refractivity contribution in [1.82, 2.24) is 20.0 Å². The fraction of sp³-hybridized carbons (Fsp3) is 0.600. The molecule has 4 amide bonds. The van der Waals surface area contributed by atoms with E-state index in [0.29, 0.717) is 23.2 Å². The number of benzene rings is 1. The Kier molecular flexibility index (Phi) is 19.6. The molecule has 44 heavy (non-hydrogen) atoms. The van der Waals surface area contributed by atoms with E-state index in [9.17, 15) is 18.8 Å². The van der Waals surface area contributed by atoms with Crippen LogP contribution < -0.4 is 11.1 Å². The summed E-state index contributed by atoms with van der Waals surface area (Å²) < 4.78 is 14.2. The Hall–Kier alpha value is -2.70. The Morgan fingerprint density at radius 1 is 1.07 bits per heavy atom. The molecule has 0 spiro atoms. The van der Waals surface area contributed by atoms with Crippen LogP contribution in [-0.4, -0.2) is 103 Å². The summed E-state index contributed by atoms with van der Waals surface area (Å²) in [7, 11) is 4.02. The lowest BCUT2D eigenvalue weighted by atomic mass is 10.0. The van der Waals surface area contributed by atoms with E-state index < -0.39 is 14.3 Å². The molecule has 3 fully saturated rings. The molecule has 2 unspecified atom stereocenters. The van der Waals surface area contributed by atoms with E-state index in [1.165, 1.54) is 75.5 Å². The predicted octanol–water partition coefficient (Wildman–Crippen LogP) is 4.62. The van der Waals surface area contributed by atoms with E-state index >= 15 is 0 Å². The normalized spacial score (nSPS) is 17.9. The van der Waals surface area contributed by atoms with Gasteiger partial charge in [0.2, 0.25) is 20.7 Å². The first-order chi connectivity index (χ1) is 21.1. The number of nitrogens with one attached hydrogen (secondary N) is 1. The number of nitrogens with zero attached hydrogens (tertiary/aromatic N) is 3. The highest BCUT2D eigenvalue weighted by Crippen LogP contribution is 2.45. The fourth-order valence-electron chi connectivity index (χ4n) is 5.05. The van der Waals surface area contributed by atoms with Gasteiger partial charge in [0.1, 0.15) is 0 Å². The molecule has 11 nitrogen and oxygen atoms in total. The third-order valence-corrected chi connectivity index (χ3v) is 8.90. The molecule has 1 aromatic carbocycles. The van der Waals surface area contributed by atoms with Crippen LogP contribution in [0.25, 0.3) is 10.1 Å². The van der Waals surface area contributed by atoms with Crippen molar-refractivity contribution in [3.05, 3.63) is 34.7 Å². The first-order valence-corrected chi connectivity index (χ1v) is 17.0. The average Bonchev–Trinajstić information content (AvgIpc) is 3.81. The van der Waals surface area contributed by atoms with Crippen molar-refractivity contribution in [2.24, 2.45) is 5.73 Å². The molecule has 5 rings (SSSR count). The molecule has 248 valence electrons. The van der Waals surface area contributed by atoms with E-state index in [4.69, 9.17) is 14.6 Å². The summed E-state index contributed by atoms with van der Waals surface area (Å²) in [5.41, 5.74) is 4.72. The van der Waals surface area contributed by atoms with Gasteiger partial charge in [-0.2, -0.15) is 0 Å². The lowest BCUT2D eigenvalue weighted by Crippen LogP contribution is -2.36. The van der Waals surface area contributed by atoms with Crippen molar-refractivity contribution in [2.45, 2.75) is 69.7 Å². The van der Waals surface area contributed by atoms with Crippen molar-refractivity contribution in [1.29, 1.82) is 0 Å². The average molecular weight is 658 g/mol. The van der Waals surface area contributed by atoms with Crippen LogP contribution in [0.2, 0.25) is 0 Å². The SMILES string of the molecule is CN.CN(C)C(=O)N1CCCC1.CNC=O.O=C1CCCCCC2CCCN12.O=Cc1cc2cc(C(F)P(O)O)ccc2s1. The monoisotopic (exact) mass is 657 g/mol. The number of carbonyl (C=O) groups is 4. The van der Waals surface area contributed by atoms with Crippen LogP contribution in [0.4, 0.5) is 9.18 Å². The Morgan fingerprint density at radius 2 is 1.70 bits per heavy atom. The number of thiophene rings is 1. The number of amides is 4. The molecule has 5 N–H and O–H groups in total. The van der Waals surface area contributed by atoms with E-state index in [2.05, 4.69) is 16.0 Å². The molecular formula is C30H49FN5O6PS. The smallest absolute Gasteiger partial charge is 0.319 e. The van der Waals surface area contributed by atoms with Crippen LogP contribution in [-0.2, 0) is 9.59 Å². The topological polar surface area (TPSA) is 157 Å². The fourth-order valence-corrected chi connectivity index (χ4v) is 6.34. The maximum atomic E-state index is 13.3. The highest BCUT2D eigenvalue weighted by Gasteiger charge is 2.28. The summed E-state index contributed by atoms with van der Waals surface area (Å²) in [6.07, 6.45) is 11.9. The Bertz CT molecular complexity index is 1150. The second-order valence-electron chi connectivity index (χ2n) is 10.5. The van der Waals surface area contributed by atoms with Crippen molar-refractivity contribution >= 4 is 54.4 Å². The number of aldehydes is 1. The van der Waals surface area contributed by atoms with Crippen molar-refractivity contribution in [3.63, 3.8) is 0 Å². The first-order valence-electron chi connectivity index (χ1n) is 14.9. The third-order valence-electron chi connectivity index (χ3n) is 7.16. The molecule has 4 heterocycles. The van der Waals surface area contributed by atoms with Gasteiger partial charge in [-0.3, -0.25) is 14.4 Å². The second kappa shape index (κ2) is 21.9. The number of alkyl halides is 1. The number of urea groups is 1. The van der Waals surface area contributed by atoms with Gasteiger partial charge in [-0.15, -0.1) is 11.3 Å². The van der Waals surface area contributed by atoms with Crippen LogP contribution in [0.3, 0.4) is 0 Å². The largest absolute Gasteiger partial charge is 0.362 e. The van der Waals surface area contributed by atoms with Crippen LogP contribution in [0, 0.1) is 0 Å². The molecule has 3 aliphatic rings. The molecule has 0 radical (unpaired) electrons. The first kappa shape index (κ1) is 39.3. The van der Waals surface area contributed by atoms with Gasteiger partial charge in [0.05, 0.1) is 4.88 Å². The number of carbonyl (C=O) groups excluding carboxylic acids is 4. The molecule has 3 saturated heterocycles. The van der Waals surface area contributed by atoms with E-state index in [0.717, 1.165) is 48.8 Å². The van der Waals surface area contributed by atoms with Crippen LogP contribution in [0.15, 0.2) is 24.3 Å². The van der Waals surface area contributed by atoms with Gasteiger partial charge < -0.3 is 35.5 Å². The van der Waals surface area contributed by atoms with Crippen LogP contribution in [0.5, 0.6) is 0 Å². The number of nitrogens with two attached hydrogens (primary N) is 1. The Balaban J connectivity index is 0.000000309. The summed E-state index contributed by atoms with van der Waals surface area (Å²) in [5.74, 6) is -1.35. The van der Waals surface area contributed by atoms with Crippen molar-refractivity contribution in [3.8, 4) is 0 Å². The summed E-state index contributed by atoms with van der Waals surface area (Å²) in [5, 5.41) is 2.99. The maximum Gasteiger partial charge on any atom is 0.319 e. The van der Waals surface area contributed by atoms with Gasteiger partial charge in [-0.25, -0.2) is 9.18 Å². The van der Waals surface area contributed by atoms with Crippen molar-refractivity contribution < 1.29 is 33.4 Å². The van der Waals surface area contributed by atoms with E-state index in [1.807, 2.05) is 4.90 Å². The highest BCUT2D eigenvalue weighted by molar-refractivity contribution is 7.45. The van der Waals surface area contributed by atoms with E-state index in [1.54, 1.807) is 38.2 Å². The number of rotatable bonds is 4. The standard InChI is InChI=1S/C10H8FO3PS.C10H17NO.C7H14N2O.C2H5NO.CH5N/c11-10(15(13)14)6-1-2-9-7(3-6)4-8(5-12)16-9;12-10-7-3-1-2-5-9-6-4-8-11(9)10;1-8(2)7(10)9-5-3-4-6-9;1-3-2-4;1-2/h1-5,10,13-14H;9H,1-8H2;3-6H2,1-2H3;2H,1H3,(H,3,4);2H2,1H3. The zero-order valence-corrected chi connectivity index (χ0v) is 28.0. The third kappa shape index (κ3) is 13.1. The summed E-state index contributed by atoms with van der Waals surface area (Å²) in [6.45, 7) is 2.91. The van der Waals surface area contributed by atoms with Crippen molar-refractivity contribution in [2.75, 3.05) is 47.8 Å². The summed E-state index contributed by atoms with van der Waals surface area (Å²) in [4.78, 5) is 66.2. The Labute approximate surface area is 265 Å². The van der Waals surface area contributed by atoms with Gasteiger partial charge in [-0.05, 0) is 74.7 Å². The minimum absolute atomic E-state index is 0.150. The van der Waals surface area contributed by atoms with Gasteiger partial charge in [0.25, 0.3) is 0 Å². The molecule has 2 atom stereocenters. The molecule has 1 aromatic heterocycles. The highest BCUT2D eigenvalue weighted by atomic mass is 32.1. The molecule has 14 heteroatoms. The van der Waals surface area contributed by atoms with Gasteiger partial charge in [-0.1, -0.05) is 18.9 Å². The van der Waals surface area contributed by atoms with Crippen LogP contribution >= 0.6 is 19.7 Å². The lowest BCUT2D eigenvalue weighted by Gasteiger charge is -2.26. The molecule has 2 aromatic rings. The number of fused-ring (bicyclic) bond motifs is 2. The quantitative estimate of drug-likeness (QED) is 0.276. The number of hydrogen-bond donors (Lipinski definition) is 4. The molecule has 0 aliphatic carbocycles. The molecule has 0 bridgehead atoms. The zero-order chi connectivity index (χ0) is 33.1. The van der Waals surface area contributed by atoms with Gasteiger partial charge in [0, 0.05) is 57.9 Å². The summed E-state index contributed by atoms with van der Waals surface area (Å²) in [6, 6.07) is 7.12. The lowest BCUT2D eigenvalue weighted by molar-refractivity contribution is -0.132. The summed E-state index contributed by atoms with van der Waals surface area (Å²) >= 11 is 1.32. The van der Waals surface area contributed by atoms with Gasteiger partial charge >= 0.3 is 6.03 Å². The van der Waals surface area contributed by atoms with E-state index in [-0.39, 0.29) is 11.6 Å². The maximum absolute atomic E-state index is 13.3. The zero-order valence-electron chi connectivity index (χ0n) is 26.3.